The Balaban J connectivity index is 2.04. The molecule has 2 unspecified atom stereocenters. The van der Waals surface area contributed by atoms with Crippen LogP contribution in [0, 0.1) is 21.4 Å². The number of benzene rings is 1. The van der Waals surface area contributed by atoms with Crippen LogP contribution in [0.1, 0.15) is 38.2 Å². The molecule has 0 bridgehead atoms. The summed E-state index contributed by atoms with van der Waals surface area (Å²) in [5, 5.41) is 26.6. The van der Waals surface area contributed by atoms with Gasteiger partial charge in [-0.2, -0.15) is 5.26 Å². The van der Waals surface area contributed by atoms with Gasteiger partial charge in [0.1, 0.15) is 5.69 Å². The van der Waals surface area contributed by atoms with Gasteiger partial charge in [0.05, 0.1) is 16.6 Å². The topological polar surface area (TPSA) is 91.0 Å². The van der Waals surface area contributed by atoms with Crippen molar-refractivity contribution >= 4 is 11.4 Å². The number of nitrogens with one attached hydrogen (secondary N) is 2. The smallest absolute Gasteiger partial charge is 0.293 e. The van der Waals surface area contributed by atoms with Crippen LogP contribution in [-0.4, -0.2) is 23.6 Å². The maximum Gasteiger partial charge on any atom is 0.293 e. The van der Waals surface area contributed by atoms with Crippen molar-refractivity contribution in [2.45, 2.75) is 44.7 Å². The first-order chi connectivity index (χ1) is 10.1. The average Bonchev–Trinajstić information content (AvgIpc) is 2.48. The van der Waals surface area contributed by atoms with E-state index in [1.807, 2.05) is 13.0 Å². The van der Waals surface area contributed by atoms with E-state index in [1.54, 1.807) is 12.1 Å². The van der Waals surface area contributed by atoms with Gasteiger partial charge in [-0.25, -0.2) is 0 Å². The number of nitrogens with zero attached hydrogens (tertiary/aromatic N) is 2. The second-order valence-corrected chi connectivity index (χ2v) is 5.53. The molecule has 1 aliphatic heterocycles. The van der Waals surface area contributed by atoms with E-state index in [1.165, 1.54) is 18.9 Å². The lowest BCUT2D eigenvalue weighted by atomic mass is 9.98. The summed E-state index contributed by atoms with van der Waals surface area (Å²) in [5.41, 5.74) is 0.730. The zero-order chi connectivity index (χ0) is 15.2. The van der Waals surface area contributed by atoms with Crippen LogP contribution in [-0.2, 0) is 0 Å². The number of piperidine rings is 1. The van der Waals surface area contributed by atoms with E-state index in [2.05, 4.69) is 10.6 Å². The Morgan fingerprint density at radius 1 is 1.57 bits per heavy atom. The third-order valence-electron chi connectivity index (χ3n) is 3.78. The van der Waals surface area contributed by atoms with E-state index in [9.17, 15) is 10.1 Å². The van der Waals surface area contributed by atoms with Gasteiger partial charge in [-0.15, -0.1) is 0 Å². The zero-order valence-corrected chi connectivity index (χ0v) is 12.1. The van der Waals surface area contributed by atoms with Crippen molar-refractivity contribution in [3.63, 3.8) is 0 Å². The second kappa shape index (κ2) is 7.04. The molecule has 2 atom stereocenters. The van der Waals surface area contributed by atoms with Crippen LogP contribution in [0.5, 0.6) is 0 Å². The van der Waals surface area contributed by atoms with Crippen molar-refractivity contribution in [2.24, 2.45) is 0 Å². The minimum atomic E-state index is -0.450. The van der Waals surface area contributed by atoms with Crippen LogP contribution in [0.25, 0.3) is 0 Å². The summed E-state index contributed by atoms with van der Waals surface area (Å²) in [7, 11) is 0. The average molecular weight is 288 g/mol. The fourth-order valence-corrected chi connectivity index (χ4v) is 2.75. The number of hydrogen-bond acceptors (Lipinski definition) is 5. The highest BCUT2D eigenvalue weighted by Crippen LogP contribution is 2.27. The number of nitro benzene ring substituents is 1. The molecule has 0 aromatic heterocycles. The van der Waals surface area contributed by atoms with Gasteiger partial charge in [-0.3, -0.25) is 10.1 Å². The van der Waals surface area contributed by atoms with E-state index in [-0.39, 0.29) is 11.7 Å². The molecule has 1 heterocycles. The zero-order valence-electron chi connectivity index (χ0n) is 12.1. The van der Waals surface area contributed by atoms with Crippen LogP contribution < -0.4 is 10.6 Å². The summed E-state index contributed by atoms with van der Waals surface area (Å²) < 4.78 is 0. The molecule has 6 nitrogen and oxygen atoms in total. The van der Waals surface area contributed by atoms with E-state index >= 15 is 0 Å². The lowest BCUT2D eigenvalue weighted by Crippen LogP contribution is -2.37. The molecule has 0 amide bonds. The van der Waals surface area contributed by atoms with E-state index in [0.717, 1.165) is 19.4 Å². The predicted molar refractivity (Wildman–Crippen MR) is 81.2 cm³/mol. The van der Waals surface area contributed by atoms with E-state index in [0.29, 0.717) is 17.3 Å². The first-order valence-corrected chi connectivity index (χ1v) is 7.28. The van der Waals surface area contributed by atoms with Gasteiger partial charge >= 0.3 is 0 Å². The molecule has 0 spiro atoms. The SMILES string of the molecule is CC(CC1CCCCN1)Nc1ccc(C#N)cc1[N+](=O)[O-]. The van der Waals surface area contributed by atoms with E-state index < -0.39 is 4.92 Å². The highest BCUT2D eigenvalue weighted by molar-refractivity contribution is 5.64. The van der Waals surface area contributed by atoms with Crippen LogP contribution in [0.2, 0.25) is 0 Å². The number of rotatable bonds is 5. The maximum atomic E-state index is 11.1. The Labute approximate surface area is 124 Å². The van der Waals surface area contributed by atoms with Gasteiger partial charge < -0.3 is 10.6 Å². The summed E-state index contributed by atoms with van der Waals surface area (Å²) in [5.74, 6) is 0. The summed E-state index contributed by atoms with van der Waals surface area (Å²) in [6, 6.07) is 7.05. The lowest BCUT2D eigenvalue weighted by molar-refractivity contribution is -0.384. The van der Waals surface area contributed by atoms with Gasteiger partial charge in [0.25, 0.3) is 5.69 Å². The van der Waals surface area contributed by atoms with Crippen molar-refractivity contribution in [3.05, 3.63) is 33.9 Å². The van der Waals surface area contributed by atoms with Gasteiger partial charge in [-0.05, 0) is 44.9 Å². The molecule has 1 aromatic carbocycles. The standard InChI is InChI=1S/C15H20N4O2/c1-11(8-13-4-2-3-7-17-13)18-14-6-5-12(10-16)9-15(14)19(20)21/h5-6,9,11,13,17-18H,2-4,7-8H2,1H3. The molecule has 0 radical (unpaired) electrons. The van der Waals surface area contributed by atoms with Crippen LogP contribution in [0.15, 0.2) is 18.2 Å². The van der Waals surface area contributed by atoms with Crippen molar-refractivity contribution in [3.8, 4) is 6.07 Å². The number of anilines is 1. The van der Waals surface area contributed by atoms with Gasteiger partial charge in [-0.1, -0.05) is 6.42 Å². The summed E-state index contributed by atoms with van der Waals surface area (Å²) in [4.78, 5) is 10.7. The molecule has 2 N–H and O–H groups in total. The molecule has 1 fully saturated rings. The normalized spacial score (nSPS) is 19.5. The van der Waals surface area contributed by atoms with Crippen molar-refractivity contribution < 1.29 is 4.92 Å². The lowest BCUT2D eigenvalue weighted by Gasteiger charge is -2.27. The molecule has 2 rings (SSSR count). The number of hydrogen-bond donors (Lipinski definition) is 2. The first kappa shape index (κ1) is 15.3. The largest absolute Gasteiger partial charge is 0.377 e. The Bertz CT molecular complexity index is 547. The fourth-order valence-electron chi connectivity index (χ4n) is 2.75. The van der Waals surface area contributed by atoms with Crippen LogP contribution >= 0.6 is 0 Å². The van der Waals surface area contributed by atoms with Gasteiger partial charge in [0, 0.05) is 18.2 Å². The summed E-state index contributed by atoms with van der Waals surface area (Å²) in [6.07, 6.45) is 4.54. The molecule has 0 saturated carbocycles. The summed E-state index contributed by atoms with van der Waals surface area (Å²) in [6.45, 7) is 3.08. The third-order valence-corrected chi connectivity index (χ3v) is 3.78. The minimum Gasteiger partial charge on any atom is -0.377 e. The summed E-state index contributed by atoms with van der Waals surface area (Å²) >= 11 is 0. The Morgan fingerprint density at radius 2 is 2.38 bits per heavy atom. The second-order valence-electron chi connectivity index (χ2n) is 5.53. The Kier molecular flexibility index (Phi) is 5.12. The Morgan fingerprint density at radius 3 is 3.00 bits per heavy atom. The predicted octanol–water partition coefficient (Wildman–Crippen LogP) is 2.80. The molecule has 1 aromatic rings. The molecule has 0 aliphatic carbocycles. The number of nitro groups is 1. The van der Waals surface area contributed by atoms with E-state index in [4.69, 9.17) is 5.26 Å². The number of nitriles is 1. The van der Waals surface area contributed by atoms with Gasteiger partial charge in [0.2, 0.25) is 0 Å². The minimum absolute atomic E-state index is 0.0440. The monoisotopic (exact) mass is 288 g/mol. The third kappa shape index (κ3) is 4.17. The molecule has 1 aliphatic rings. The molecular weight excluding hydrogens is 268 g/mol. The fraction of sp³-hybridized carbons (Fsp3) is 0.533. The molecule has 6 heteroatoms. The highest BCUT2D eigenvalue weighted by atomic mass is 16.6. The molecular formula is C15H20N4O2. The van der Waals surface area contributed by atoms with Crippen molar-refractivity contribution in [2.75, 3.05) is 11.9 Å². The van der Waals surface area contributed by atoms with Gasteiger partial charge in [0.15, 0.2) is 0 Å². The molecule has 1 saturated heterocycles. The van der Waals surface area contributed by atoms with Crippen LogP contribution in [0.4, 0.5) is 11.4 Å². The first-order valence-electron chi connectivity index (χ1n) is 7.28. The molecule has 112 valence electrons. The quantitative estimate of drug-likeness (QED) is 0.642. The van der Waals surface area contributed by atoms with Crippen molar-refractivity contribution in [1.29, 1.82) is 5.26 Å². The molecule has 21 heavy (non-hydrogen) atoms. The Hall–Kier alpha value is -2.13. The maximum absolute atomic E-state index is 11.1. The van der Waals surface area contributed by atoms with Crippen molar-refractivity contribution in [1.82, 2.24) is 5.32 Å². The van der Waals surface area contributed by atoms with Crippen LogP contribution in [0.3, 0.4) is 0 Å². The highest BCUT2D eigenvalue weighted by Gasteiger charge is 2.19.